The first-order valence-electron chi connectivity index (χ1n) is 5.25. The van der Waals surface area contributed by atoms with Gasteiger partial charge in [0.25, 0.3) is 0 Å². The van der Waals surface area contributed by atoms with Crippen LogP contribution in [-0.4, -0.2) is 22.6 Å². The third-order valence-electron chi connectivity index (χ3n) is 2.20. The minimum Gasteiger partial charge on any atom is -0.409 e. The number of oxime groups is 1. The summed E-state index contributed by atoms with van der Waals surface area (Å²) in [7, 11) is 0. The average Bonchev–Trinajstić information content (AvgIpc) is 2.70. The molecule has 6 heteroatoms. The Morgan fingerprint density at radius 2 is 2.50 bits per heavy atom. The van der Waals surface area contributed by atoms with Crippen molar-refractivity contribution in [3.05, 3.63) is 16.1 Å². The van der Waals surface area contributed by atoms with Crippen molar-refractivity contribution < 1.29 is 5.21 Å². The highest BCUT2D eigenvalue weighted by atomic mass is 32.1. The molecule has 0 aliphatic rings. The predicted octanol–water partition coefficient (Wildman–Crippen LogP) is 1.63. The zero-order valence-electron chi connectivity index (χ0n) is 9.60. The molecule has 0 bridgehead atoms. The molecule has 1 atom stereocenters. The van der Waals surface area contributed by atoms with Crippen LogP contribution in [0, 0.1) is 6.92 Å². The molecule has 1 rings (SSSR count). The van der Waals surface area contributed by atoms with Crippen LogP contribution in [0.1, 0.15) is 36.5 Å². The summed E-state index contributed by atoms with van der Waals surface area (Å²) in [5.41, 5.74) is 6.43. The summed E-state index contributed by atoms with van der Waals surface area (Å²) in [6, 6.07) is 0.256. The van der Waals surface area contributed by atoms with E-state index in [-0.39, 0.29) is 11.9 Å². The van der Waals surface area contributed by atoms with Crippen molar-refractivity contribution in [3.63, 3.8) is 0 Å². The lowest BCUT2D eigenvalue weighted by molar-refractivity contribution is 0.316. The number of hydrogen-bond acceptors (Lipinski definition) is 5. The molecule has 0 saturated carbocycles. The molecule has 0 fully saturated rings. The molecule has 0 spiro atoms. The Bertz CT molecular complexity index is 350. The molecule has 0 aliphatic carbocycles. The maximum atomic E-state index is 8.36. The number of aryl methyl sites for hydroxylation is 1. The first-order chi connectivity index (χ1) is 7.63. The molecular weight excluding hydrogens is 224 g/mol. The summed E-state index contributed by atoms with van der Waals surface area (Å²) >= 11 is 1.66. The Balaban J connectivity index is 2.23. The van der Waals surface area contributed by atoms with Crippen LogP contribution in [-0.2, 0) is 0 Å². The molecule has 0 amide bonds. The second-order valence-corrected chi connectivity index (χ2v) is 4.59. The minimum atomic E-state index is 0.256. The second-order valence-electron chi connectivity index (χ2n) is 3.70. The van der Waals surface area contributed by atoms with Crippen LogP contribution in [0.2, 0.25) is 0 Å². The van der Waals surface area contributed by atoms with Crippen molar-refractivity contribution in [2.75, 3.05) is 6.54 Å². The zero-order valence-corrected chi connectivity index (χ0v) is 10.4. The number of thiazole rings is 1. The van der Waals surface area contributed by atoms with E-state index in [4.69, 9.17) is 10.9 Å². The van der Waals surface area contributed by atoms with Gasteiger partial charge in [-0.3, -0.25) is 0 Å². The minimum absolute atomic E-state index is 0.256. The number of nitrogens with two attached hydrogens (primary N) is 1. The Kier molecular flexibility index (Phi) is 5.21. The maximum absolute atomic E-state index is 8.36. The smallest absolute Gasteiger partial charge is 0.139 e. The summed E-state index contributed by atoms with van der Waals surface area (Å²) in [4.78, 5) is 4.41. The monoisotopic (exact) mass is 242 g/mol. The average molecular weight is 242 g/mol. The van der Waals surface area contributed by atoms with Gasteiger partial charge in [-0.15, -0.1) is 11.3 Å². The summed E-state index contributed by atoms with van der Waals surface area (Å²) in [6.07, 6.45) is 1.46. The molecule has 1 aromatic rings. The first kappa shape index (κ1) is 12.9. The quantitative estimate of drug-likeness (QED) is 0.233. The molecule has 1 heterocycles. The molecular formula is C10H18N4OS. The van der Waals surface area contributed by atoms with Gasteiger partial charge in [0.2, 0.25) is 0 Å². The summed E-state index contributed by atoms with van der Waals surface area (Å²) in [5, 5.41) is 17.8. The van der Waals surface area contributed by atoms with E-state index in [0.717, 1.165) is 23.7 Å². The van der Waals surface area contributed by atoms with E-state index in [1.165, 1.54) is 0 Å². The zero-order chi connectivity index (χ0) is 12.0. The van der Waals surface area contributed by atoms with E-state index >= 15 is 0 Å². The number of aromatic nitrogens is 1. The largest absolute Gasteiger partial charge is 0.409 e. The molecule has 0 saturated heterocycles. The van der Waals surface area contributed by atoms with Crippen LogP contribution in [0.5, 0.6) is 0 Å². The van der Waals surface area contributed by atoms with Gasteiger partial charge in [0.15, 0.2) is 0 Å². The van der Waals surface area contributed by atoms with E-state index in [1.807, 2.05) is 12.3 Å². The third kappa shape index (κ3) is 4.16. The van der Waals surface area contributed by atoms with Crippen molar-refractivity contribution >= 4 is 17.2 Å². The van der Waals surface area contributed by atoms with Crippen molar-refractivity contribution in [2.45, 2.75) is 32.7 Å². The molecule has 0 aromatic carbocycles. The molecule has 5 nitrogen and oxygen atoms in total. The summed E-state index contributed by atoms with van der Waals surface area (Å²) < 4.78 is 0. The number of hydrogen-bond donors (Lipinski definition) is 3. The van der Waals surface area contributed by atoms with Gasteiger partial charge in [-0.1, -0.05) is 5.16 Å². The van der Waals surface area contributed by atoms with E-state index < -0.39 is 0 Å². The van der Waals surface area contributed by atoms with Gasteiger partial charge in [0, 0.05) is 17.5 Å². The van der Waals surface area contributed by atoms with E-state index in [9.17, 15) is 0 Å². The Morgan fingerprint density at radius 3 is 3.06 bits per heavy atom. The number of nitrogens with zero attached hydrogens (tertiary/aromatic N) is 2. The summed E-state index contributed by atoms with van der Waals surface area (Å²) in [6.45, 7) is 4.91. The lowest BCUT2D eigenvalue weighted by Gasteiger charge is -2.10. The highest BCUT2D eigenvalue weighted by molar-refractivity contribution is 7.09. The lowest BCUT2D eigenvalue weighted by atomic mass is 10.2. The van der Waals surface area contributed by atoms with Crippen LogP contribution in [0.4, 0.5) is 0 Å². The van der Waals surface area contributed by atoms with Crippen molar-refractivity contribution in [3.8, 4) is 0 Å². The Labute approximate surface area is 99.4 Å². The van der Waals surface area contributed by atoms with E-state index in [2.05, 4.69) is 22.4 Å². The predicted molar refractivity (Wildman–Crippen MR) is 65.9 cm³/mol. The topological polar surface area (TPSA) is 83.5 Å². The Hall–Kier alpha value is -1.14. The van der Waals surface area contributed by atoms with Gasteiger partial charge in [-0.2, -0.15) is 0 Å². The molecule has 0 radical (unpaired) electrons. The van der Waals surface area contributed by atoms with Gasteiger partial charge in [0.05, 0.1) is 6.04 Å². The number of amidine groups is 1. The highest BCUT2D eigenvalue weighted by Gasteiger charge is 2.07. The standard InChI is InChI=1S/C10H18N4OS/c1-7-6-16-10(13-7)8(2)12-5-3-4-9(11)14-15/h6,8,12,15H,3-5H2,1-2H3,(H2,11,14). The Morgan fingerprint density at radius 1 is 1.75 bits per heavy atom. The SMILES string of the molecule is Cc1csc(C(C)NCCCC(N)=NO)n1. The number of rotatable bonds is 6. The van der Waals surface area contributed by atoms with Gasteiger partial charge in [0.1, 0.15) is 10.8 Å². The van der Waals surface area contributed by atoms with Gasteiger partial charge in [-0.25, -0.2) is 4.98 Å². The van der Waals surface area contributed by atoms with Crippen molar-refractivity contribution in [1.82, 2.24) is 10.3 Å². The normalized spacial score (nSPS) is 14.0. The van der Waals surface area contributed by atoms with Crippen molar-refractivity contribution in [1.29, 1.82) is 0 Å². The van der Waals surface area contributed by atoms with Gasteiger partial charge < -0.3 is 16.3 Å². The van der Waals surface area contributed by atoms with Gasteiger partial charge >= 0.3 is 0 Å². The fraction of sp³-hybridized carbons (Fsp3) is 0.600. The third-order valence-corrected chi connectivity index (χ3v) is 3.34. The van der Waals surface area contributed by atoms with Crippen molar-refractivity contribution in [2.24, 2.45) is 10.9 Å². The van der Waals surface area contributed by atoms with Crippen LogP contribution >= 0.6 is 11.3 Å². The van der Waals surface area contributed by atoms with E-state index in [1.54, 1.807) is 11.3 Å². The molecule has 1 unspecified atom stereocenters. The van der Waals surface area contributed by atoms with E-state index in [0.29, 0.717) is 6.42 Å². The molecule has 90 valence electrons. The second kappa shape index (κ2) is 6.44. The van der Waals surface area contributed by atoms with Crippen LogP contribution < -0.4 is 11.1 Å². The lowest BCUT2D eigenvalue weighted by Crippen LogP contribution is -2.21. The maximum Gasteiger partial charge on any atom is 0.139 e. The van der Waals surface area contributed by atoms with Crippen LogP contribution in [0.25, 0.3) is 0 Å². The van der Waals surface area contributed by atoms with Gasteiger partial charge in [-0.05, 0) is 26.8 Å². The molecule has 0 aliphatic heterocycles. The highest BCUT2D eigenvalue weighted by Crippen LogP contribution is 2.17. The molecule has 1 aromatic heterocycles. The molecule has 16 heavy (non-hydrogen) atoms. The fourth-order valence-corrected chi connectivity index (χ4v) is 2.12. The summed E-state index contributed by atoms with van der Waals surface area (Å²) in [5.74, 6) is 0.277. The van der Waals surface area contributed by atoms with Crippen LogP contribution in [0.15, 0.2) is 10.5 Å². The number of nitrogens with one attached hydrogen (secondary N) is 1. The first-order valence-corrected chi connectivity index (χ1v) is 6.13. The van der Waals surface area contributed by atoms with Crippen LogP contribution in [0.3, 0.4) is 0 Å². The fourth-order valence-electron chi connectivity index (χ4n) is 1.30. The molecule has 4 N–H and O–H groups in total.